The van der Waals surface area contributed by atoms with Gasteiger partial charge < -0.3 is 9.88 Å². The third-order valence-electron chi connectivity index (χ3n) is 4.01. The van der Waals surface area contributed by atoms with Crippen molar-refractivity contribution in [3.05, 3.63) is 29.5 Å². The fraction of sp³-hybridized carbons (Fsp3) is 0.533. The summed E-state index contributed by atoms with van der Waals surface area (Å²) in [5.41, 5.74) is 1.92. The van der Waals surface area contributed by atoms with Gasteiger partial charge in [-0.25, -0.2) is 4.98 Å². The molecule has 6 heteroatoms. The topological polar surface area (TPSA) is 64.7 Å². The number of aryl methyl sites for hydroxylation is 3. The van der Waals surface area contributed by atoms with E-state index in [1.165, 1.54) is 6.42 Å². The Morgan fingerprint density at radius 3 is 2.90 bits per heavy atom. The van der Waals surface area contributed by atoms with E-state index in [2.05, 4.69) is 20.0 Å². The predicted octanol–water partition coefficient (Wildman–Crippen LogP) is 2.23. The van der Waals surface area contributed by atoms with Gasteiger partial charge in [-0.1, -0.05) is 0 Å². The number of anilines is 1. The van der Waals surface area contributed by atoms with Gasteiger partial charge in [-0.3, -0.25) is 9.48 Å². The quantitative estimate of drug-likeness (QED) is 0.941. The van der Waals surface area contributed by atoms with Gasteiger partial charge in [-0.2, -0.15) is 5.10 Å². The number of nitrogens with zero attached hydrogens (tertiary/aromatic N) is 4. The molecule has 1 atom stereocenters. The first-order chi connectivity index (χ1) is 10.1. The number of carbonyl (C=O) groups is 1. The van der Waals surface area contributed by atoms with E-state index in [4.69, 9.17) is 0 Å². The van der Waals surface area contributed by atoms with E-state index in [9.17, 15) is 4.79 Å². The molecule has 6 nitrogen and oxygen atoms in total. The predicted molar refractivity (Wildman–Crippen MR) is 80.2 cm³/mol. The summed E-state index contributed by atoms with van der Waals surface area (Å²) >= 11 is 0. The number of hydrogen-bond donors (Lipinski definition) is 1. The molecule has 21 heavy (non-hydrogen) atoms. The molecule has 112 valence electrons. The van der Waals surface area contributed by atoms with Gasteiger partial charge >= 0.3 is 0 Å². The highest BCUT2D eigenvalue weighted by atomic mass is 16.2. The van der Waals surface area contributed by atoms with Crippen LogP contribution < -0.4 is 5.32 Å². The van der Waals surface area contributed by atoms with Gasteiger partial charge in [0.05, 0.1) is 11.9 Å². The first kappa shape index (κ1) is 13.9. The van der Waals surface area contributed by atoms with Crippen LogP contribution in [0.5, 0.6) is 0 Å². The molecular formula is C15H21N5O. The molecule has 0 aromatic carbocycles. The number of fused-ring (bicyclic) bond motifs is 1. The molecular weight excluding hydrogens is 266 g/mol. The van der Waals surface area contributed by atoms with E-state index in [0.29, 0.717) is 0 Å². The van der Waals surface area contributed by atoms with Crippen LogP contribution in [0.3, 0.4) is 0 Å². The first-order valence-electron chi connectivity index (χ1n) is 7.44. The van der Waals surface area contributed by atoms with Gasteiger partial charge in [-0.05, 0) is 39.7 Å². The van der Waals surface area contributed by atoms with Crippen LogP contribution in [-0.4, -0.2) is 25.2 Å². The number of imidazole rings is 1. The Morgan fingerprint density at radius 2 is 2.19 bits per heavy atom. The Bertz CT molecular complexity index is 670. The average molecular weight is 287 g/mol. The minimum absolute atomic E-state index is 0.0607. The molecule has 0 spiro atoms. The van der Waals surface area contributed by atoms with Crippen LogP contribution in [0, 0.1) is 13.8 Å². The summed E-state index contributed by atoms with van der Waals surface area (Å²) in [5.74, 6) is 1.80. The lowest BCUT2D eigenvalue weighted by Gasteiger charge is -2.18. The van der Waals surface area contributed by atoms with Crippen molar-refractivity contribution in [2.75, 3.05) is 5.32 Å². The fourth-order valence-electron chi connectivity index (χ4n) is 2.90. The second-order valence-electron chi connectivity index (χ2n) is 5.71. The minimum Gasteiger partial charge on any atom is -0.315 e. The zero-order valence-corrected chi connectivity index (χ0v) is 12.8. The van der Waals surface area contributed by atoms with Crippen molar-refractivity contribution in [3.8, 4) is 0 Å². The van der Waals surface area contributed by atoms with Crippen molar-refractivity contribution < 1.29 is 4.79 Å². The molecule has 0 saturated heterocycles. The maximum absolute atomic E-state index is 12.4. The molecule has 0 aliphatic carbocycles. The highest BCUT2D eigenvalue weighted by Gasteiger charge is 2.21. The van der Waals surface area contributed by atoms with Crippen LogP contribution in [0.2, 0.25) is 0 Å². The third-order valence-corrected chi connectivity index (χ3v) is 4.01. The van der Waals surface area contributed by atoms with E-state index < -0.39 is 0 Å². The lowest BCUT2D eigenvalue weighted by atomic mass is 10.2. The maximum atomic E-state index is 12.4. The van der Waals surface area contributed by atoms with Crippen LogP contribution in [0.15, 0.2) is 12.3 Å². The summed E-state index contributed by atoms with van der Waals surface area (Å²) in [6.45, 7) is 6.69. The van der Waals surface area contributed by atoms with Gasteiger partial charge in [0.2, 0.25) is 5.91 Å². The Hall–Kier alpha value is -2.11. The monoisotopic (exact) mass is 287 g/mol. The van der Waals surface area contributed by atoms with Gasteiger partial charge in [0.1, 0.15) is 17.7 Å². The van der Waals surface area contributed by atoms with Crippen LogP contribution in [0.4, 0.5) is 5.82 Å². The largest absolute Gasteiger partial charge is 0.315 e. The zero-order valence-electron chi connectivity index (χ0n) is 12.8. The Balaban J connectivity index is 1.77. The Labute approximate surface area is 124 Å². The van der Waals surface area contributed by atoms with E-state index in [0.717, 1.165) is 42.4 Å². The summed E-state index contributed by atoms with van der Waals surface area (Å²) in [5, 5.41) is 7.37. The third kappa shape index (κ3) is 2.57. The molecule has 0 radical (unpaired) electrons. The van der Waals surface area contributed by atoms with Crippen molar-refractivity contribution in [1.29, 1.82) is 0 Å². The Morgan fingerprint density at radius 1 is 1.38 bits per heavy atom. The van der Waals surface area contributed by atoms with E-state index in [1.54, 1.807) is 10.9 Å². The molecule has 1 unspecified atom stereocenters. The number of aromatic nitrogens is 4. The van der Waals surface area contributed by atoms with Crippen LogP contribution in [-0.2, 0) is 17.8 Å². The molecule has 0 saturated carbocycles. The van der Waals surface area contributed by atoms with E-state index in [1.807, 2.05) is 26.8 Å². The van der Waals surface area contributed by atoms with Crippen LogP contribution in [0.25, 0.3) is 0 Å². The summed E-state index contributed by atoms with van der Waals surface area (Å²) < 4.78 is 3.87. The van der Waals surface area contributed by atoms with Crippen LogP contribution in [0.1, 0.15) is 43.0 Å². The summed E-state index contributed by atoms with van der Waals surface area (Å²) in [7, 11) is 0. The average Bonchev–Trinajstić information content (AvgIpc) is 3.02. The number of hydrogen-bond acceptors (Lipinski definition) is 3. The van der Waals surface area contributed by atoms with Crippen molar-refractivity contribution in [3.63, 3.8) is 0 Å². The number of carbonyl (C=O) groups excluding carboxylic acids is 1. The highest BCUT2D eigenvalue weighted by Crippen LogP contribution is 2.21. The summed E-state index contributed by atoms with van der Waals surface area (Å²) in [4.78, 5) is 16.8. The Kier molecular flexibility index (Phi) is 3.53. The summed E-state index contributed by atoms with van der Waals surface area (Å²) in [6.07, 6.45) is 5.06. The highest BCUT2D eigenvalue weighted by molar-refractivity contribution is 5.92. The molecule has 1 N–H and O–H groups in total. The molecule has 2 aromatic heterocycles. The zero-order chi connectivity index (χ0) is 15.0. The van der Waals surface area contributed by atoms with Crippen molar-refractivity contribution in [2.45, 2.75) is 52.6 Å². The SMILES string of the molecule is Cc1cc(C)n(C(C)C(=O)Nc2cnc3n2CCCC3)n1. The van der Waals surface area contributed by atoms with Crippen LogP contribution >= 0.6 is 0 Å². The number of amides is 1. The van der Waals surface area contributed by atoms with Gasteiger partial charge in [-0.15, -0.1) is 0 Å². The lowest BCUT2D eigenvalue weighted by molar-refractivity contribution is -0.119. The standard InChI is InChI=1S/C15H21N5O/c1-10-8-11(2)20(18-10)12(3)15(21)17-14-9-16-13-6-4-5-7-19(13)14/h8-9,12H,4-7H2,1-3H3,(H,17,21). The fourth-order valence-corrected chi connectivity index (χ4v) is 2.90. The van der Waals surface area contributed by atoms with Gasteiger partial charge in [0.25, 0.3) is 0 Å². The summed E-state index contributed by atoms with van der Waals surface area (Å²) in [6, 6.07) is 1.64. The van der Waals surface area contributed by atoms with Gasteiger partial charge in [0.15, 0.2) is 0 Å². The maximum Gasteiger partial charge on any atom is 0.250 e. The molecule has 1 amide bonds. The van der Waals surface area contributed by atoms with Crippen molar-refractivity contribution in [1.82, 2.24) is 19.3 Å². The molecule has 3 rings (SSSR count). The molecule has 0 fully saturated rings. The molecule has 1 aliphatic rings. The molecule has 3 heterocycles. The smallest absolute Gasteiger partial charge is 0.250 e. The molecule has 2 aromatic rings. The normalized spacial score (nSPS) is 15.6. The molecule has 1 aliphatic heterocycles. The number of nitrogens with one attached hydrogen (secondary N) is 1. The van der Waals surface area contributed by atoms with E-state index in [-0.39, 0.29) is 11.9 Å². The second-order valence-corrected chi connectivity index (χ2v) is 5.71. The number of rotatable bonds is 3. The van der Waals surface area contributed by atoms with Gasteiger partial charge in [0, 0.05) is 18.7 Å². The first-order valence-corrected chi connectivity index (χ1v) is 7.44. The molecule has 0 bridgehead atoms. The second kappa shape index (κ2) is 5.35. The van der Waals surface area contributed by atoms with Crippen molar-refractivity contribution >= 4 is 11.7 Å². The lowest BCUT2D eigenvalue weighted by Crippen LogP contribution is -2.27. The minimum atomic E-state index is -0.339. The van der Waals surface area contributed by atoms with Crippen molar-refractivity contribution in [2.24, 2.45) is 0 Å². The van der Waals surface area contributed by atoms with E-state index >= 15 is 0 Å².